The Labute approximate surface area is 183 Å². The van der Waals surface area contributed by atoms with E-state index >= 15 is 0 Å². The van der Waals surface area contributed by atoms with Crippen LogP contribution in [-0.4, -0.2) is 29.7 Å². The van der Waals surface area contributed by atoms with E-state index in [9.17, 15) is 5.11 Å². The van der Waals surface area contributed by atoms with Crippen molar-refractivity contribution in [1.29, 1.82) is 0 Å². The van der Waals surface area contributed by atoms with Crippen molar-refractivity contribution >= 4 is 0 Å². The number of fused-ring (bicyclic) bond motifs is 7. The fourth-order valence-electron chi connectivity index (χ4n) is 10.3. The van der Waals surface area contributed by atoms with Gasteiger partial charge in [-0.05, 0) is 97.7 Å². The van der Waals surface area contributed by atoms with Crippen molar-refractivity contribution in [2.24, 2.45) is 52.3 Å². The highest BCUT2D eigenvalue weighted by molar-refractivity contribution is 5.16. The van der Waals surface area contributed by atoms with Crippen molar-refractivity contribution in [3.05, 3.63) is 0 Å². The molecule has 6 fully saturated rings. The Kier molecular flexibility index (Phi) is 4.58. The molecule has 0 amide bonds. The lowest BCUT2D eigenvalue weighted by Crippen LogP contribution is -2.58. The maximum atomic E-state index is 11.2. The summed E-state index contributed by atoms with van der Waals surface area (Å²) in [6.07, 6.45) is 12.9. The second-order valence-corrected chi connectivity index (χ2v) is 13.0. The van der Waals surface area contributed by atoms with Gasteiger partial charge in [-0.3, -0.25) is 0 Å². The summed E-state index contributed by atoms with van der Waals surface area (Å²) >= 11 is 0. The lowest BCUT2D eigenvalue weighted by atomic mass is 9.44. The Bertz CT molecular complexity index is 684. The molecule has 0 aromatic rings. The van der Waals surface area contributed by atoms with E-state index < -0.39 is 0 Å². The Balaban J connectivity index is 1.28. The van der Waals surface area contributed by atoms with E-state index in [-0.39, 0.29) is 17.3 Å². The first-order valence-corrected chi connectivity index (χ1v) is 13.3. The van der Waals surface area contributed by atoms with E-state index in [0.29, 0.717) is 29.3 Å². The molecule has 3 nitrogen and oxygen atoms in total. The van der Waals surface area contributed by atoms with Crippen LogP contribution in [0.1, 0.15) is 91.9 Å². The zero-order valence-corrected chi connectivity index (χ0v) is 19.7. The van der Waals surface area contributed by atoms with E-state index in [4.69, 9.17) is 9.47 Å². The van der Waals surface area contributed by atoms with E-state index in [2.05, 4.69) is 27.7 Å². The number of hydrogen-bond donors (Lipinski definition) is 1. The minimum absolute atomic E-state index is 0.0784. The SMILES string of the molecule is C[C@@H]1CC[C@@]2(OC1)O[C@H]1C[C@H]3[C@@H]4CCC5CCCC(O)[C@]5(C)[C@H]4CC[C@]3(C)[C@H]1[C@@H]2C. The van der Waals surface area contributed by atoms with Crippen LogP contribution in [0.3, 0.4) is 0 Å². The molecule has 2 saturated heterocycles. The molecule has 0 radical (unpaired) electrons. The van der Waals surface area contributed by atoms with Gasteiger partial charge in [0.25, 0.3) is 0 Å². The first kappa shape index (κ1) is 20.5. The number of rotatable bonds is 0. The molecule has 12 atom stereocenters. The van der Waals surface area contributed by atoms with Gasteiger partial charge in [0.2, 0.25) is 0 Å². The van der Waals surface area contributed by atoms with E-state index in [1.807, 2.05) is 0 Å². The Morgan fingerprint density at radius 1 is 0.900 bits per heavy atom. The molecule has 3 heteroatoms. The Morgan fingerprint density at radius 2 is 1.73 bits per heavy atom. The number of aliphatic hydroxyl groups is 1. The smallest absolute Gasteiger partial charge is 0.171 e. The molecule has 2 unspecified atom stereocenters. The van der Waals surface area contributed by atoms with Crippen LogP contribution in [0.25, 0.3) is 0 Å². The van der Waals surface area contributed by atoms with Gasteiger partial charge in [-0.25, -0.2) is 0 Å². The summed E-state index contributed by atoms with van der Waals surface area (Å²) in [6, 6.07) is 0. The molecule has 0 aromatic heterocycles. The third-order valence-electron chi connectivity index (χ3n) is 12.0. The first-order chi connectivity index (χ1) is 14.3. The maximum Gasteiger partial charge on any atom is 0.171 e. The third kappa shape index (κ3) is 2.49. The van der Waals surface area contributed by atoms with Crippen LogP contribution in [0.4, 0.5) is 0 Å². The lowest BCUT2D eigenvalue weighted by molar-refractivity contribution is -0.273. The molecule has 2 aliphatic heterocycles. The van der Waals surface area contributed by atoms with Crippen LogP contribution >= 0.6 is 0 Å². The number of ether oxygens (including phenoxy) is 2. The van der Waals surface area contributed by atoms with Crippen LogP contribution < -0.4 is 0 Å². The average Bonchev–Trinajstić information content (AvgIpc) is 3.16. The molecule has 1 N–H and O–H groups in total. The van der Waals surface area contributed by atoms with Crippen LogP contribution in [-0.2, 0) is 9.47 Å². The molecular formula is C27H44O3. The summed E-state index contributed by atoms with van der Waals surface area (Å²) in [7, 11) is 0. The number of hydrogen-bond acceptors (Lipinski definition) is 3. The van der Waals surface area contributed by atoms with Gasteiger partial charge in [0.05, 0.1) is 18.8 Å². The normalized spacial score (nSPS) is 62.5. The topological polar surface area (TPSA) is 38.7 Å². The molecule has 1 spiro atoms. The average molecular weight is 417 g/mol. The van der Waals surface area contributed by atoms with Gasteiger partial charge in [-0.2, -0.15) is 0 Å². The highest BCUT2D eigenvalue weighted by Crippen LogP contribution is 2.71. The third-order valence-corrected chi connectivity index (χ3v) is 12.0. The Hall–Kier alpha value is -0.120. The minimum Gasteiger partial charge on any atom is -0.393 e. The first-order valence-electron chi connectivity index (χ1n) is 13.3. The Morgan fingerprint density at radius 3 is 2.50 bits per heavy atom. The molecule has 0 bridgehead atoms. The lowest BCUT2D eigenvalue weighted by Gasteiger charge is -2.62. The van der Waals surface area contributed by atoms with Crippen LogP contribution in [0.5, 0.6) is 0 Å². The van der Waals surface area contributed by atoms with Crippen molar-refractivity contribution in [2.45, 2.75) is 110 Å². The predicted molar refractivity (Wildman–Crippen MR) is 118 cm³/mol. The van der Waals surface area contributed by atoms with Crippen LogP contribution in [0.15, 0.2) is 0 Å². The molecule has 4 saturated carbocycles. The molecule has 0 aromatic carbocycles. The van der Waals surface area contributed by atoms with Crippen molar-refractivity contribution in [2.75, 3.05) is 6.61 Å². The second kappa shape index (κ2) is 6.70. The summed E-state index contributed by atoms with van der Waals surface area (Å²) in [5.74, 6) is 4.58. The van der Waals surface area contributed by atoms with Crippen LogP contribution in [0, 0.1) is 52.3 Å². The molecule has 2 heterocycles. The van der Waals surface area contributed by atoms with Crippen molar-refractivity contribution < 1.29 is 14.6 Å². The highest BCUT2D eigenvalue weighted by Gasteiger charge is 2.69. The quantitative estimate of drug-likeness (QED) is 0.543. The molecule has 170 valence electrons. The summed E-state index contributed by atoms with van der Waals surface area (Å²) in [4.78, 5) is 0. The molecule has 30 heavy (non-hydrogen) atoms. The van der Waals surface area contributed by atoms with Gasteiger partial charge in [-0.1, -0.05) is 34.1 Å². The van der Waals surface area contributed by atoms with Crippen molar-refractivity contribution in [1.82, 2.24) is 0 Å². The molecule has 6 aliphatic rings. The standard InChI is InChI=1S/C27H44O3/c1-16-10-13-27(29-15-16)17(2)24-22(30-27)14-21-19-9-8-18-6-5-7-23(28)26(18,4)20(19)11-12-25(21,24)3/h16-24,28H,5-15H2,1-4H3/t16-,17+,18?,19-,20+,21+,22+,23?,24+,25+,26+,27-/m1/s1. The maximum absolute atomic E-state index is 11.2. The summed E-state index contributed by atoms with van der Waals surface area (Å²) in [5, 5.41) is 11.2. The summed E-state index contributed by atoms with van der Waals surface area (Å²) in [6.45, 7) is 10.7. The van der Waals surface area contributed by atoms with Gasteiger partial charge in [0, 0.05) is 12.3 Å². The number of aliphatic hydroxyl groups excluding tert-OH is 1. The van der Waals surface area contributed by atoms with Gasteiger partial charge < -0.3 is 14.6 Å². The summed E-state index contributed by atoms with van der Waals surface area (Å²) in [5.41, 5.74) is 0.556. The minimum atomic E-state index is -0.296. The largest absolute Gasteiger partial charge is 0.393 e. The van der Waals surface area contributed by atoms with Crippen LogP contribution in [0.2, 0.25) is 0 Å². The molecular weight excluding hydrogens is 372 g/mol. The van der Waals surface area contributed by atoms with Crippen molar-refractivity contribution in [3.8, 4) is 0 Å². The van der Waals surface area contributed by atoms with Gasteiger partial charge in [0.15, 0.2) is 5.79 Å². The van der Waals surface area contributed by atoms with E-state index in [0.717, 1.165) is 43.1 Å². The van der Waals surface area contributed by atoms with Gasteiger partial charge in [-0.15, -0.1) is 0 Å². The molecule has 4 aliphatic carbocycles. The van der Waals surface area contributed by atoms with Crippen molar-refractivity contribution in [3.63, 3.8) is 0 Å². The van der Waals surface area contributed by atoms with E-state index in [1.165, 1.54) is 51.4 Å². The highest BCUT2D eigenvalue weighted by atomic mass is 16.7. The van der Waals surface area contributed by atoms with E-state index in [1.54, 1.807) is 0 Å². The van der Waals surface area contributed by atoms with Gasteiger partial charge >= 0.3 is 0 Å². The zero-order chi connectivity index (χ0) is 20.9. The summed E-state index contributed by atoms with van der Waals surface area (Å²) < 4.78 is 13.4. The zero-order valence-electron chi connectivity index (χ0n) is 19.7. The monoisotopic (exact) mass is 416 g/mol. The fourth-order valence-corrected chi connectivity index (χ4v) is 10.3. The van der Waals surface area contributed by atoms with Gasteiger partial charge in [0.1, 0.15) is 0 Å². The second-order valence-electron chi connectivity index (χ2n) is 13.0. The molecule has 6 rings (SSSR count). The predicted octanol–water partition coefficient (Wildman–Crippen LogP) is 5.79. The fraction of sp³-hybridized carbons (Fsp3) is 1.00.